The highest BCUT2D eigenvalue weighted by Crippen LogP contribution is 2.39. The van der Waals surface area contributed by atoms with Crippen molar-refractivity contribution in [1.29, 1.82) is 0 Å². The van der Waals surface area contributed by atoms with Gasteiger partial charge in [0.2, 0.25) is 0 Å². The van der Waals surface area contributed by atoms with Gasteiger partial charge in [0.1, 0.15) is 11.6 Å². The molecule has 2 aromatic rings. The fourth-order valence-electron chi connectivity index (χ4n) is 4.43. The summed E-state index contributed by atoms with van der Waals surface area (Å²) in [6.07, 6.45) is 5.41. The molecule has 4 rings (SSSR count). The van der Waals surface area contributed by atoms with Crippen molar-refractivity contribution in [3.8, 4) is 0 Å². The van der Waals surface area contributed by atoms with E-state index in [2.05, 4.69) is 0 Å². The second kappa shape index (κ2) is 7.70. The molecule has 1 nitrogen and oxygen atoms in total. The molecule has 0 N–H and O–H groups in total. The van der Waals surface area contributed by atoms with Gasteiger partial charge in [-0.1, -0.05) is 6.08 Å². The lowest BCUT2D eigenvalue weighted by Crippen LogP contribution is -2.21. The van der Waals surface area contributed by atoms with Gasteiger partial charge in [-0.2, -0.15) is 0 Å². The molecular formula is C23H22F4O. The summed E-state index contributed by atoms with van der Waals surface area (Å²) in [5.74, 6) is -3.04. The predicted octanol–water partition coefficient (Wildman–Crippen LogP) is 6.40. The van der Waals surface area contributed by atoms with Gasteiger partial charge < -0.3 is 4.74 Å². The Kier molecular flexibility index (Phi) is 5.28. The Morgan fingerprint density at radius 1 is 0.857 bits per heavy atom. The van der Waals surface area contributed by atoms with E-state index in [9.17, 15) is 17.6 Å². The Bertz CT molecular complexity index is 903. The summed E-state index contributed by atoms with van der Waals surface area (Å²) in [6, 6.07) is 4.98. The fraction of sp³-hybridized carbons (Fsp3) is 0.391. The second-order valence-corrected chi connectivity index (χ2v) is 7.60. The summed E-state index contributed by atoms with van der Waals surface area (Å²) >= 11 is 0. The van der Waals surface area contributed by atoms with Crippen LogP contribution in [-0.2, 0) is 11.2 Å². The van der Waals surface area contributed by atoms with Crippen molar-refractivity contribution in [2.75, 3.05) is 6.61 Å². The van der Waals surface area contributed by atoms with E-state index in [1.54, 1.807) is 0 Å². The van der Waals surface area contributed by atoms with Gasteiger partial charge >= 0.3 is 0 Å². The molecule has 0 atom stereocenters. The van der Waals surface area contributed by atoms with Crippen LogP contribution in [-0.4, -0.2) is 12.7 Å². The molecule has 0 radical (unpaired) electrons. The highest BCUT2D eigenvalue weighted by atomic mass is 19.2. The maximum absolute atomic E-state index is 14.8. The SMILES string of the molecule is CCOC1CCC(c2cc(F)c(C3=Cc4cc(F)c(F)cc4C3)c(F)c2)CC1. The van der Waals surface area contributed by atoms with E-state index in [4.69, 9.17) is 4.74 Å². The molecule has 0 aliphatic heterocycles. The van der Waals surface area contributed by atoms with Crippen LogP contribution < -0.4 is 0 Å². The summed E-state index contributed by atoms with van der Waals surface area (Å²) in [7, 11) is 0. The first-order valence-corrected chi connectivity index (χ1v) is 9.75. The molecule has 2 aliphatic carbocycles. The molecule has 0 unspecified atom stereocenters. The largest absolute Gasteiger partial charge is 0.379 e. The maximum atomic E-state index is 14.8. The smallest absolute Gasteiger partial charge is 0.159 e. The van der Waals surface area contributed by atoms with E-state index < -0.39 is 23.3 Å². The monoisotopic (exact) mass is 390 g/mol. The first kappa shape index (κ1) is 19.2. The van der Waals surface area contributed by atoms with E-state index in [1.807, 2.05) is 6.92 Å². The first-order chi connectivity index (χ1) is 13.5. The number of benzene rings is 2. The molecule has 1 saturated carbocycles. The van der Waals surface area contributed by atoms with Crippen LogP contribution in [0, 0.1) is 23.3 Å². The highest BCUT2D eigenvalue weighted by molar-refractivity contribution is 5.89. The standard InChI is InChI=1S/C23H22F4O/c1-2-28-18-5-3-13(4-6-18)16-11-21(26)23(22(27)12-16)17-7-14-9-19(24)20(25)10-15(14)8-17/h7,9-13,18H,2-6,8H2,1H3. The van der Waals surface area contributed by atoms with E-state index in [0.717, 1.165) is 37.8 Å². The normalized spacial score (nSPS) is 21.5. The molecule has 28 heavy (non-hydrogen) atoms. The summed E-state index contributed by atoms with van der Waals surface area (Å²) < 4.78 is 62.2. The summed E-state index contributed by atoms with van der Waals surface area (Å²) in [6.45, 7) is 2.65. The Morgan fingerprint density at radius 2 is 1.50 bits per heavy atom. The maximum Gasteiger partial charge on any atom is 0.159 e. The summed E-state index contributed by atoms with van der Waals surface area (Å²) in [4.78, 5) is 0. The molecule has 0 amide bonds. The topological polar surface area (TPSA) is 9.23 Å². The molecular weight excluding hydrogens is 368 g/mol. The molecule has 2 aromatic carbocycles. The van der Waals surface area contributed by atoms with Crippen LogP contribution in [0.1, 0.15) is 60.8 Å². The van der Waals surface area contributed by atoms with Crippen LogP contribution in [0.15, 0.2) is 24.3 Å². The minimum absolute atomic E-state index is 0.108. The van der Waals surface area contributed by atoms with E-state index in [-0.39, 0.29) is 24.0 Å². The predicted molar refractivity (Wildman–Crippen MR) is 101 cm³/mol. The van der Waals surface area contributed by atoms with Gasteiger partial charge in [0.15, 0.2) is 11.6 Å². The number of ether oxygens (including phenoxy) is 1. The van der Waals surface area contributed by atoms with Crippen LogP contribution in [0.2, 0.25) is 0 Å². The lowest BCUT2D eigenvalue weighted by atomic mass is 9.82. The second-order valence-electron chi connectivity index (χ2n) is 7.60. The molecule has 2 aliphatic rings. The Balaban J connectivity index is 1.57. The van der Waals surface area contributed by atoms with Crippen molar-refractivity contribution < 1.29 is 22.3 Å². The molecule has 5 heteroatoms. The van der Waals surface area contributed by atoms with Crippen LogP contribution in [0.25, 0.3) is 11.6 Å². The highest BCUT2D eigenvalue weighted by Gasteiger charge is 2.26. The zero-order valence-corrected chi connectivity index (χ0v) is 15.7. The summed E-state index contributed by atoms with van der Waals surface area (Å²) in [5, 5.41) is 0. The Morgan fingerprint density at radius 3 is 2.14 bits per heavy atom. The van der Waals surface area contributed by atoms with Crippen molar-refractivity contribution in [1.82, 2.24) is 0 Å². The van der Waals surface area contributed by atoms with Crippen LogP contribution in [0.5, 0.6) is 0 Å². The third kappa shape index (κ3) is 3.60. The lowest BCUT2D eigenvalue weighted by molar-refractivity contribution is 0.0328. The van der Waals surface area contributed by atoms with Crippen molar-refractivity contribution in [2.45, 2.75) is 51.0 Å². The van der Waals surface area contributed by atoms with Crippen LogP contribution >= 0.6 is 0 Å². The van der Waals surface area contributed by atoms with Gasteiger partial charge in [0.25, 0.3) is 0 Å². The zero-order chi connectivity index (χ0) is 19.8. The number of rotatable bonds is 4. The number of fused-ring (bicyclic) bond motifs is 1. The molecule has 0 bridgehead atoms. The molecule has 1 fully saturated rings. The third-order valence-electron chi connectivity index (χ3n) is 5.83. The van der Waals surface area contributed by atoms with Crippen LogP contribution in [0.3, 0.4) is 0 Å². The van der Waals surface area contributed by atoms with Crippen molar-refractivity contribution in [2.24, 2.45) is 0 Å². The summed E-state index contributed by atoms with van der Waals surface area (Å²) in [5.41, 5.74) is 1.96. The first-order valence-electron chi connectivity index (χ1n) is 9.75. The fourth-order valence-corrected chi connectivity index (χ4v) is 4.43. The third-order valence-corrected chi connectivity index (χ3v) is 5.83. The molecule has 0 saturated heterocycles. The quantitative estimate of drug-likeness (QED) is 0.549. The molecule has 0 heterocycles. The zero-order valence-electron chi connectivity index (χ0n) is 15.7. The number of allylic oxidation sites excluding steroid dienone is 1. The average molecular weight is 390 g/mol. The Hall–Kier alpha value is -2.14. The van der Waals surface area contributed by atoms with E-state index in [1.165, 1.54) is 18.2 Å². The minimum Gasteiger partial charge on any atom is -0.379 e. The van der Waals surface area contributed by atoms with E-state index >= 15 is 0 Å². The van der Waals surface area contributed by atoms with Gasteiger partial charge in [0.05, 0.1) is 6.10 Å². The van der Waals surface area contributed by atoms with Gasteiger partial charge in [-0.25, -0.2) is 17.6 Å². The van der Waals surface area contributed by atoms with Crippen molar-refractivity contribution in [3.05, 3.63) is 69.8 Å². The number of halogens is 4. The van der Waals surface area contributed by atoms with Crippen molar-refractivity contribution in [3.63, 3.8) is 0 Å². The van der Waals surface area contributed by atoms with Gasteiger partial charge in [-0.3, -0.25) is 0 Å². The van der Waals surface area contributed by atoms with Gasteiger partial charge in [-0.05, 0) is 91.5 Å². The van der Waals surface area contributed by atoms with Crippen LogP contribution in [0.4, 0.5) is 17.6 Å². The van der Waals surface area contributed by atoms with Gasteiger partial charge in [0, 0.05) is 12.2 Å². The lowest BCUT2D eigenvalue weighted by Gasteiger charge is -2.28. The minimum atomic E-state index is -0.963. The number of hydrogen-bond donors (Lipinski definition) is 0. The number of hydrogen-bond acceptors (Lipinski definition) is 1. The molecule has 0 aromatic heterocycles. The molecule has 0 spiro atoms. The van der Waals surface area contributed by atoms with Gasteiger partial charge in [-0.15, -0.1) is 0 Å². The van der Waals surface area contributed by atoms with E-state index in [0.29, 0.717) is 28.9 Å². The average Bonchev–Trinajstić information content (AvgIpc) is 3.04. The van der Waals surface area contributed by atoms with Crippen molar-refractivity contribution >= 4 is 11.6 Å². The Labute approximate surface area is 162 Å². The molecule has 148 valence electrons.